The molecule has 0 saturated carbocycles. The van der Waals surface area contributed by atoms with Crippen molar-refractivity contribution < 1.29 is 9.53 Å². The summed E-state index contributed by atoms with van der Waals surface area (Å²) in [7, 11) is 0. The van der Waals surface area contributed by atoms with Crippen LogP contribution in [-0.2, 0) is 6.42 Å². The molecular weight excluding hydrogens is 308 g/mol. The van der Waals surface area contributed by atoms with Gasteiger partial charge in [0.25, 0.3) is 0 Å². The lowest BCUT2D eigenvalue weighted by Gasteiger charge is -2.14. The molecule has 0 unspecified atom stereocenters. The van der Waals surface area contributed by atoms with Crippen molar-refractivity contribution in [1.82, 2.24) is 5.32 Å². The molecule has 2 aromatic rings. The average molecular weight is 332 g/mol. The van der Waals surface area contributed by atoms with E-state index in [4.69, 9.17) is 4.74 Å². The number of ether oxygens (including phenoxy) is 1. The first-order valence-corrected chi connectivity index (χ1v) is 8.88. The summed E-state index contributed by atoms with van der Waals surface area (Å²) in [4.78, 5) is 13.3. The number of hydrogen-bond donors (Lipinski definition) is 2. The molecule has 1 aromatic carbocycles. The molecule has 2 amide bonds. The third-order valence-corrected chi connectivity index (χ3v) is 4.24. The lowest BCUT2D eigenvalue weighted by molar-refractivity contribution is 0.249. The van der Waals surface area contributed by atoms with E-state index < -0.39 is 0 Å². The van der Waals surface area contributed by atoms with Gasteiger partial charge in [-0.3, -0.25) is 0 Å². The molecule has 0 bridgehead atoms. The summed E-state index contributed by atoms with van der Waals surface area (Å²) in [6.07, 6.45) is 3.00. The summed E-state index contributed by atoms with van der Waals surface area (Å²) in [5, 5.41) is 7.84. The van der Waals surface area contributed by atoms with Crippen LogP contribution in [0.5, 0.6) is 5.75 Å². The lowest BCUT2D eigenvalue weighted by atomic mass is 10.2. The third-order valence-electron chi connectivity index (χ3n) is 3.34. The van der Waals surface area contributed by atoms with Crippen LogP contribution in [0.15, 0.2) is 41.8 Å². The number of unbranched alkanes of at least 4 members (excludes halogenated alkanes) is 1. The highest BCUT2D eigenvalue weighted by atomic mass is 32.1. The Hall–Kier alpha value is -2.01. The van der Waals surface area contributed by atoms with E-state index in [1.807, 2.05) is 42.6 Å². The first-order valence-electron chi connectivity index (χ1n) is 8.00. The topological polar surface area (TPSA) is 50.4 Å². The average Bonchev–Trinajstić information content (AvgIpc) is 3.02. The van der Waals surface area contributed by atoms with Gasteiger partial charge in [-0.2, -0.15) is 0 Å². The predicted octanol–water partition coefficient (Wildman–Crippen LogP) is 4.68. The van der Waals surface area contributed by atoms with E-state index in [-0.39, 0.29) is 12.1 Å². The highest BCUT2D eigenvalue weighted by molar-refractivity contribution is 7.09. The summed E-state index contributed by atoms with van der Waals surface area (Å²) in [6.45, 7) is 4.86. The second-order valence-corrected chi connectivity index (χ2v) is 6.54. The molecule has 0 fully saturated rings. The van der Waals surface area contributed by atoms with Gasteiger partial charge >= 0.3 is 6.03 Å². The minimum atomic E-state index is -0.186. The fraction of sp³-hybridized carbons (Fsp3) is 0.389. The van der Waals surface area contributed by atoms with Crippen molar-refractivity contribution >= 4 is 23.1 Å². The zero-order chi connectivity index (χ0) is 16.5. The fourth-order valence-electron chi connectivity index (χ4n) is 2.14. The molecule has 4 nitrogen and oxygen atoms in total. The maximum absolute atomic E-state index is 12.0. The molecule has 5 heteroatoms. The second kappa shape index (κ2) is 9.20. The van der Waals surface area contributed by atoms with Crippen LogP contribution >= 0.6 is 11.3 Å². The molecule has 0 saturated heterocycles. The molecule has 124 valence electrons. The molecule has 2 rings (SSSR count). The smallest absolute Gasteiger partial charge is 0.319 e. The van der Waals surface area contributed by atoms with Crippen LogP contribution in [0.3, 0.4) is 0 Å². The van der Waals surface area contributed by atoms with E-state index in [2.05, 4.69) is 23.6 Å². The fourth-order valence-corrected chi connectivity index (χ4v) is 2.98. The Bertz CT molecular complexity index is 582. The zero-order valence-electron chi connectivity index (χ0n) is 13.7. The molecule has 0 spiro atoms. The van der Waals surface area contributed by atoms with Crippen molar-refractivity contribution in [2.45, 2.75) is 39.2 Å². The van der Waals surface area contributed by atoms with Crippen molar-refractivity contribution in [2.75, 3.05) is 11.9 Å². The number of carbonyl (C=O) groups excluding carboxylic acids is 1. The second-order valence-electron chi connectivity index (χ2n) is 5.51. The highest BCUT2D eigenvalue weighted by Gasteiger charge is 2.09. The number of benzene rings is 1. The minimum Gasteiger partial charge on any atom is -0.494 e. The molecule has 1 heterocycles. The zero-order valence-corrected chi connectivity index (χ0v) is 14.5. The molecule has 1 aromatic heterocycles. The lowest BCUT2D eigenvalue weighted by Crippen LogP contribution is -2.37. The van der Waals surface area contributed by atoms with Crippen LogP contribution < -0.4 is 15.4 Å². The Morgan fingerprint density at radius 2 is 2.04 bits per heavy atom. The van der Waals surface area contributed by atoms with Crippen LogP contribution in [0.4, 0.5) is 10.5 Å². The van der Waals surface area contributed by atoms with E-state index in [0.29, 0.717) is 0 Å². The van der Waals surface area contributed by atoms with Gasteiger partial charge in [0, 0.05) is 23.0 Å². The minimum absolute atomic E-state index is 0.0882. The Labute approximate surface area is 141 Å². The van der Waals surface area contributed by atoms with E-state index in [9.17, 15) is 4.79 Å². The van der Waals surface area contributed by atoms with Crippen LogP contribution in [0.1, 0.15) is 31.6 Å². The first kappa shape index (κ1) is 17.3. The number of amides is 2. The van der Waals surface area contributed by atoms with Crippen LogP contribution in [0.2, 0.25) is 0 Å². The maximum atomic E-state index is 12.0. The summed E-state index contributed by atoms with van der Waals surface area (Å²) in [6, 6.07) is 11.5. The predicted molar refractivity (Wildman–Crippen MR) is 96.5 cm³/mol. The van der Waals surface area contributed by atoms with Gasteiger partial charge in [0.1, 0.15) is 5.75 Å². The van der Waals surface area contributed by atoms with E-state index in [0.717, 1.165) is 37.3 Å². The molecule has 0 aliphatic heterocycles. The molecule has 0 radical (unpaired) electrons. The van der Waals surface area contributed by atoms with Crippen LogP contribution in [0.25, 0.3) is 0 Å². The Balaban J connectivity index is 1.76. The number of carbonyl (C=O) groups is 1. The molecule has 0 aliphatic carbocycles. The Morgan fingerprint density at radius 3 is 2.70 bits per heavy atom. The van der Waals surface area contributed by atoms with Gasteiger partial charge in [-0.15, -0.1) is 11.3 Å². The Morgan fingerprint density at radius 1 is 1.26 bits per heavy atom. The molecule has 1 atom stereocenters. The largest absolute Gasteiger partial charge is 0.494 e. The van der Waals surface area contributed by atoms with Crippen molar-refractivity contribution in [3.63, 3.8) is 0 Å². The normalized spacial score (nSPS) is 11.7. The van der Waals surface area contributed by atoms with E-state index in [1.165, 1.54) is 4.88 Å². The van der Waals surface area contributed by atoms with Gasteiger partial charge in [0.05, 0.1) is 6.61 Å². The van der Waals surface area contributed by atoms with Crippen molar-refractivity contribution in [3.05, 3.63) is 46.7 Å². The standard InChI is InChI=1S/C18H24N2O2S/c1-3-4-11-22-16-9-7-15(8-10-16)20-18(21)19-14(2)13-17-6-5-12-23-17/h5-10,12,14H,3-4,11,13H2,1-2H3,(H2,19,20,21)/t14-/m0/s1. The number of hydrogen-bond acceptors (Lipinski definition) is 3. The number of anilines is 1. The van der Waals surface area contributed by atoms with Gasteiger partial charge in [-0.05, 0) is 49.1 Å². The molecule has 2 N–H and O–H groups in total. The maximum Gasteiger partial charge on any atom is 0.319 e. The van der Waals surface area contributed by atoms with E-state index in [1.54, 1.807) is 11.3 Å². The van der Waals surface area contributed by atoms with E-state index >= 15 is 0 Å². The summed E-state index contributed by atoms with van der Waals surface area (Å²) < 4.78 is 5.60. The van der Waals surface area contributed by atoms with Gasteiger partial charge in [0.15, 0.2) is 0 Å². The third kappa shape index (κ3) is 6.32. The number of nitrogens with one attached hydrogen (secondary N) is 2. The summed E-state index contributed by atoms with van der Waals surface area (Å²) in [5.41, 5.74) is 0.758. The van der Waals surface area contributed by atoms with Gasteiger partial charge in [-0.1, -0.05) is 19.4 Å². The molecule has 0 aliphatic rings. The number of urea groups is 1. The number of rotatable bonds is 8. The Kier molecular flexibility index (Phi) is 6.94. The monoisotopic (exact) mass is 332 g/mol. The van der Waals surface area contributed by atoms with Crippen molar-refractivity contribution in [2.24, 2.45) is 0 Å². The van der Waals surface area contributed by atoms with Crippen molar-refractivity contribution in [1.29, 1.82) is 0 Å². The van der Waals surface area contributed by atoms with Gasteiger partial charge in [-0.25, -0.2) is 4.79 Å². The van der Waals surface area contributed by atoms with Crippen LogP contribution in [0, 0.1) is 0 Å². The molecular formula is C18H24N2O2S. The van der Waals surface area contributed by atoms with Crippen molar-refractivity contribution in [3.8, 4) is 5.75 Å². The van der Waals surface area contributed by atoms with Crippen LogP contribution in [-0.4, -0.2) is 18.7 Å². The quantitative estimate of drug-likeness (QED) is 0.690. The van der Waals surface area contributed by atoms with Gasteiger partial charge in [0.2, 0.25) is 0 Å². The van der Waals surface area contributed by atoms with Gasteiger partial charge < -0.3 is 15.4 Å². The number of thiophene rings is 1. The summed E-state index contributed by atoms with van der Waals surface area (Å²) in [5.74, 6) is 0.829. The SMILES string of the molecule is CCCCOc1ccc(NC(=O)N[C@@H](C)Cc2cccs2)cc1. The molecule has 23 heavy (non-hydrogen) atoms. The summed E-state index contributed by atoms with van der Waals surface area (Å²) >= 11 is 1.71. The highest BCUT2D eigenvalue weighted by Crippen LogP contribution is 2.16. The first-order chi connectivity index (χ1) is 11.2.